The molecule has 1 aromatic rings. The fraction of sp³-hybridized carbons (Fsp3) is 0.600. The van der Waals surface area contributed by atoms with Crippen LogP contribution < -0.4 is 10.1 Å². The van der Waals surface area contributed by atoms with Gasteiger partial charge in [-0.25, -0.2) is 0 Å². The Morgan fingerprint density at radius 1 is 1.33 bits per heavy atom. The number of phenolic OH excluding ortho intramolecular Hbond substituents is 1. The Balaban J connectivity index is 2.26. The van der Waals surface area contributed by atoms with E-state index >= 15 is 0 Å². The van der Waals surface area contributed by atoms with E-state index in [1.807, 2.05) is 6.92 Å². The van der Waals surface area contributed by atoms with Gasteiger partial charge >= 0.3 is 0 Å². The summed E-state index contributed by atoms with van der Waals surface area (Å²) in [7, 11) is 1.61. The van der Waals surface area contributed by atoms with E-state index in [-0.39, 0.29) is 0 Å². The van der Waals surface area contributed by atoms with Gasteiger partial charge in [0.25, 0.3) is 0 Å². The minimum atomic E-state index is 0.322. The van der Waals surface area contributed by atoms with E-state index in [1.165, 1.54) is 19.3 Å². The number of rotatable bonds is 3. The van der Waals surface area contributed by atoms with Crippen LogP contribution in [0.3, 0.4) is 0 Å². The number of phenols is 1. The summed E-state index contributed by atoms with van der Waals surface area (Å²) < 4.78 is 5.29. The molecule has 0 amide bonds. The highest BCUT2D eigenvalue weighted by atomic mass is 16.5. The van der Waals surface area contributed by atoms with Crippen molar-refractivity contribution in [3.8, 4) is 11.5 Å². The van der Waals surface area contributed by atoms with Crippen LogP contribution in [0.5, 0.6) is 11.5 Å². The van der Waals surface area contributed by atoms with E-state index < -0.39 is 0 Å². The molecule has 1 aromatic carbocycles. The van der Waals surface area contributed by atoms with Gasteiger partial charge in [-0.1, -0.05) is 12.5 Å². The number of hydrogen-bond acceptors (Lipinski definition) is 3. The predicted octanol–water partition coefficient (Wildman–Crippen LogP) is 2.70. The van der Waals surface area contributed by atoms with E-state index in [0.29, 0.717) is 17.5 Å². The molecule has 1 saturated heterocycles. The third kappa shape index (κ3) is 2.61. The van der Waals surface area contributed by atoms with Crippen LogP contribution >= 0.6 is 0 Å². The Kier molecular flexibility index (Phi) is 4.12. The lowest BCUT2D eigenvalue weighted by molar-refractivity contribution is 0.359. The molecule has 0 aliphatic carbocycles. The number of nitrogens with one attached hydrogen (secondary N) is 1. The van der Waals surface area contributed by atoms with Crippen molar-refractivity contribution >= 4 is 0 Å². The molecule has 1 unspecified atom stereocenters. The molecule has 0 radical (unpaired) electrons. The third-order valence-corrected chi connectivity index (χ3v) is 3.84. The largest absolute Gasteiger partial charge is 0.504 e. The summed E-state index contributed by atoms with van der Waals surface area (Å²) in [6.07, 6.45) is 4.61. The lowest BCUT2D eigenvalue weighted by Crippen LogP contribution is -2.35. The molecule has 1 atom stereocenters. The first kappa shape index (κ1) is 13.2. The van der Waals surface area contributed by atoms with Gasteiger partial charge in [0.05, 0.1) is 7.11 Å². The molecule has 3 nitrogen and oxygen atoms in total. The van der Waals surface area contributed by atoms with Gasteiger partial charge in [-0.05, 0) is 50.8 Å². The van der Waals surface area contributed by atoms with Gasteiger partial charge in [0, 0.05) is 11.6 Å². The van der Waals surface area contributed by atoms with Crippen molar-refractivity contribution in [2.24, 2.45) is 0 Å². The van der Waals surface area contributed by atoms with Gasteiger partial charge in [0.15, 0.2) is 11.5 Å². The second-order valence-corrected chi connectivity index (χ2v) is 5.22. The maximum atomic E-state index is 10.3. The van der Waals surface area contributed by atoms with Crippen molar-refractivity contribution in [3.05, 3.63) is 22.8 Å². The molecule has 3 heteroatoms. The minimum absolute atomic E-state index is 0.322. The fourth-order valence-corrected chi connectivity index (χ4v) is 2.85. The first-order valence-electron chi connectivity index (χ1n) is 6.73. The van der Waals surface area contributed by atoms with Gasteiger partial charge in [0.1, 0.15) is 0 Å². The summed E-state index contributed by atoms with van der Waals surface area (Å²) >= 11 is 0. The highest BCUT2D eigenvalue weighted by Crippen LogP contribution is 2.36. The molecule has 0 bridgehead atoms. The van der Waals surface area contributed by atoms with Crippen molar-refractivity contribution in [2.75, 3.05) is 13.7 Å². The quantitative estimate of drug-likeness (QED) is 0.865. The Morgan fingerprint density at radius 2 is 2.11 bits per heavy atom. The van der Waals surface area contributed by atoms with Crippen molar-refractivity contribution in [1.29, 1.82) is 0 Å². The highest BCUT2D eigenvalue weighted by Gasteiger charge is 2.19. The predicted molar refractivity (Wildman–Crippen MR) is 73.5 cm³/mol. The van der Waals surface area contributed by atoms with Crippen molar-refractivity contribution in [2.45, 2.75) is 45.6 Å². The summed E-state index contributed by atoms with van der Waals surface area (Å²) in [5.74, 6) is 0.939. The number of aromatic hydroxyl groups is 1. The van der Waals surface area contributed by atoms with Crippen molar-refractivity contribution in [1.82, 2.24) is 5.32 Å². The molecule has 0 aromatic heterocycles. The molecule has 1 fully saturated rings. The number of methoxy groups -OCH3 is 1. The highest BCUT2D eigenvalue weighted by molar-refractivity contribution is 5.54. The van der Waals surface area contributed by atoms with Crippen molar-refractivity contribution in [3.63, 3.8) is 0 Å². The molecule has 100 valence electrons. The SMILES string of the molecule is COc1c(C)cc(C)c(CC2CCCCN2)c1O. The second kappa shape index (κ2) is 5.61. The molecule has 1 aliphatic heterocycles. The smallest absolute Gasteiger partial charge is 0.163 e. The zero-order valence-corrected chi connectivity index (χ0v) is 11.5. The Labute approximate surface area is 109 Å². The summed E-state index contributed by atoms with van der Waals surface area (Å²) in [6, 6.07) is 2.58. The summed E-state index contributed by atoms with van der Waals surface area (Å²) in [5, 5.41) is 13.9. The maximum Gasteiger partial charge on any atom is 0.163 e. The van der Waals surface area contributed by atoms with E-state index in [1.54, 1.807) is 7.11 Å². The lowest BCUT2D eigenvalue weighted by Gasteiger charge is -2.25. The molecule has 1 heterocycles. The zero-order valence-electron chi connectivity index (χ0n) is 11.5. The van der Waals surface area contributed by atoms with Gasteiger partial charge in [0.2, 0.25) is 0 Å². The van der Waals surface area contributed by atoms with Crippen LogP contribution in [0.15, 0.2) is 6.07 Å². The zero-order chi connectivity index (χ0) is 13.1. The molecule has 2 N–H and O–H groups in total. The molecule has 0 spiro atoms. The molecule has 18 heavy (non-hydrogen) atoms. The lowest BCUT2D eigenvalue weighted by atomic mass is 9.93. The average molecular weight is 249 g/mol. The van der Waals surface area contributed by atoms with E-state index in [0.717, 1.165) is 29.7 Å². The monoisotopic (exact) mass is 249 g/mol. The Morgan fingerprint density at radius 3 is 2.72 bits per heavy atom. The van der Waals surface area contributed by atoms with Gasteiger partial charge in [-0.3, -0.25) is 0 Å². The van der Waals surface area contributed by atoms with E-state index in [2.05, 4.69) is 18.3 Å². The van der Waals surface area contributed by atoms with Crippen LogP contribution in [0.2, 0.25) is 0 Å². The van der Waals surface area contributed by atoms with E-state index in [9.17, 15) is 5.11 Å². The Bertz CT molecular complexity index is 423. The number of benzene rings is 1. The number of hydrogen-bond donors (Lipinski definition) is 2. The Hall–Kier alpha value is -1.22. The van der Waals surface area contributed by atoms with Crippen LogP contribution in [-0.2, 0) is 6.42 Å². The van der Waals surface area contributed by atoms with Gasteiger partial charge in [-0.2, -0.15) is 0 Å². The molecule has 0 saturated carbocycles. The van der Waals surface area contributed by atoms with Crippen LogP contribution in [0, 0.1) is 13.8 Å². The summed E-state index contributed by atoms with van der Waals surface area (Å²) in [5.41, 5.74) is 3.17. The molecular weight excluding hydrogens is 226 g/mol. The average Bonchev–Trinajstić information content (AvgIpc) is 2.36. The third-order valence-electron chi connectivity index (χ3n) is 3.84. The molecule has 2 rings (SSSR count). The first-order valence-corrected chi connectivity index (χ1v) is 6.73. The normalized spacial score (nSPS) is 19.8. The minimum Gasteiger partial charge on any atom is -0.504 e. The molecular formula is C15H23NO2. The topological polar surface area (TPSA) is 41.5 Å². The fourth-order valence-electron chi connectivity index (χ4n) is 2.85. The first-order chi connectivity index (χ1) is 8.63. The van der Waals surface area contributed by atoms with Gasteiger partial charge < -0.3 is 15.2 Å². The summed E-state index contributed by atoms with van der Waals surface area (Å²) in [4.78, 5) is 0. The summed E-state index contributed by atoms with van der Waals surface area (Å²) in [6.45, 7) is 5.12. The standard InChI is InChI=1S/C15H23NO2/c1-10-8-11(2)15(18-3)14(17)13(10)9-12-6-4-5-7-16-12/h8,12,16-17H,4-7,9H2,1-3H3. The maximum absolute atomic E-state index is 10.3. The van der Waals surface area contributed by atoms with Crippen LogP contribution in [0.4, 0.5) is 0 Å². The number of ether oxygens (including phenoxy) is 1. The second-order valence-electron chi connectivity index (χ2n) is 5.22. The number of aryl methyl sites for hydroxylation is 2. The van der Waals surface area contributed by atoms with Crippen LogP contribution in [0.1, 0.15) is 36.0 Å². The molecule has 1 aliphatic rings. The number of piperidine rings is 1. The van der Waals surface area contributed by atoms with Crippen LogP contribution in [-0.4, -0.2) is 24.8 Å². The van der Waals surface area contributed by atoms with E-state index in [4.69, 9.17) is 4.74 Å². The van der Waals surface area contributed by atoms with Gasteiger partial charge in [-0.15, -0.1) is 0 Å². The van der Waals surface area contributed by atoms with Crippen molar-refractivity contribution < 1.29 is 9.84 Å². The van der Waals surface area contributed by atoms with Crippen LogP contribution in [0.25, 0.3) is 0 Å².